The molecule has 0 saturated heterocycles. The molecule has 1 aliphatic rings. The molecule has 0 radical (unpaired) electrons. The lowest BCUT2D eigenvalue weighted by atomic mass is 10.2. The summed E-state index contributed by atoms with van der Waals surface area (Å²) >= 11 is 0. The lowest BCUT2D eigenvalue weighted by molar-refractivity contribution is -0.125. The van der Waals surface area contributed by atoms with Gasteiger partial charge in [-0.2, -0.15) is 0 Å². The zero-order chi connectivity index (χ0) is 14.2. The van der Waals surface area contributed by atoms with Crippen LogP contribution in [0.25, 0.3) is 0 Å². The maximum Gasteiger partial charge on any atom is 0.245 e. The van der Waals surface area contributed by atoms with E-state index >= 15 is 0 Å². The van der Waals surface area contributed by atoms with Crippen LogP contribution in [-0.4, -0.2) is 45.3 Å². The summed E-state index contributed by atoms with van der Waals surface area (Å²) in [4.78, 5) is 13.8. The van der Waals surface area contributed by atoms with Gasteiger partial charge in [0.15, 0.2) is 0 Å². The molecule has 0 unspecified atom stereocenters. The number of nitrogens with two attached hydrogens (primary N) is 1. The van der Waals surface area contributed by atoms with Crippen LogP contribution in [0.1, 0.15) is 12.0 Å². The van der Waals surface area contributed by atoms with Gasteiger partial charge in [-0.25, -0.2) is 0 Å². The van der Waals surface area contributed by atoms with Gasteiger partial charge in [-0.1, -0.05) is 18.2 Å². The Bertz CT molecular complexity index is 437. The molecule has 1 aliphatic heterocycles. The summed E-state index contributed by atoms with van der Waals surface area (Å²) in [5.74, 6) is -0.0692. The number of hydrogen-bond donors (Lipinski definition) is 2. The minimum absolute atomic E-state index is 0.0692. The van der Waals surface area contributed by atoms with Crippen molar-refractivity contribution in [2.75, 3.05) is 44.3 Å². The number of rotatable bonds is 8. The minimum Gasteiger partial charge on any atom is -0.371 e. The molecule has 0 bridgehead atoms. The number of carbonyl (C=O) groups excluding carboxylic acids is 1. The fraction of sp³-hybridized carbons (Fsp3) is 0.533. The Balaban J connectivity index is 1.61. The summed E-state index contributed by atoms with van der Waals surface area (Å²) < 4.78 is 5.07. The molecule has 0 saturated carbocycles. The number of amides is 1. The first-order chi connectivity index (χ1) is 9.81. The molecule has 0 aliphatic carbocycles. The third-order valence-corrected chi connectivity index (χ3v) is 3.41. The molecule has 110 valence electrons. The van der Waals surface area contributed by atoms with E-state index in [0.29, 0.717) is 19.7 Å². The van der Waals surface area contributed by atoms with Crippen LogP contribution >= 0.6 is 0 Å². The van der Waals surface area contributed by atoms with E-state index in [-0.39, 0.29) is 12.5 Å². The van der Waals surface area contributed by atoms with E-state index in [1.165, 1.54) is 11.3 Å². The number of carbonyl (C=O) groups is 1. The summed E-state index contributed by atoms with van der Waals surface area (Å²) in [6.45, 7) is 3.71. The highest BCUT2D eigenvalue weighted by molar-refractivity contribution is 5.77. The van der Waals surface area contributed by atoms with Crippen molar-refractivity contribution in [2.45, 2.75) is 12.8 Å². The molecule has 1 aromatic rings. The van der Waals surface area contributed by atoms with E-state index < -0.39 is 0 Å². The number of nitrogens with zero attached hydrogens (tertiary/aromatic N) is 1. The maximum absolute atomic E-state index is 11.4. The molecule has 20 heavy (non-hydrogen) atoms. The van der Waals surface area contributed by atoms with Crippen molar-refractivity contribution in [1.82, 2.24) is 5.32 Å². The number of anilines is 1. The molecule has 1 aromatic carbocycles. The van der Waals surface area contributed by atoms with Gasteiger partial charge in [0.2, 0.25) is 5.91 Å². The Morgan fingerprint density at radius 2 is 2.25 bits per heavy atom. The van der Waals surface area contributed by atoms with Crippen LogP contribution in [-0.2, 0) is 16.0 Å². The average Bonchev–Trinajstić information content (AvgIpc) is 2.87. The molecule has 5 heteroatoms. The number of fused-ring (bicyclic) bond motifs is 1. The summed E-state index contributed by atoms with van der Waals surface area (Å²) in [5, 5.41) is 2.86. The van der Waals surface area contributed by atoms with E-state index in [2.05, 4.69) is 34.5 Å². The summed E-state index contributed by atoms with van der Waals surface area (Å²) in [5.41, 5.74) is 8.04. The van der Waals surface area contributed by atoms with Crippen molar-refractivity contribution in [1.29, 1.82) is 0 Å². The quantitative estimate of drug-likeness (QED) is 0.680. The Hall–Kier alpha value is -1.59. The van der Waals surface area contributed by atoms with Gasteiger partial charge in [0, 0.05) is 31.9 Å². The predicted octanol–water partition coefficient (Wildman–Crippen LogP) is 0.531. The van der Waals surface area contributed by atoms with E-state index in [4.69, 9.17) is 10.5 Å². The first kappa shape index (κ1) is 14.8. The van der Waals surface area contributed by atoms with Crippen molar-refractivity contribution >= 4 is 11.6 Å². The zero-order valence-corrected chi connectivity index (χ0v) is 11.8. The van der Waals surface area contributed by atoms with Gasteiger partial charge in [0.05, 0.1) is 6.61 Å². The van der Waals surface area contributed by atoms with Crippen molar-refractivity contribution in [3.8, 4) is 0 Å². The molecule has 0 aromatic heterocycles. The van der Waals surface area contributed by atoms with Crippen LogP contribution in [0.4, 0.5) is 5.69 Å². The normalized spacial score (nSPS) is 13.3. The monoisotopic (exact) mass is 277 g/mol. The van der Waals surface area contributed by atoms with E-state index in [9.17, 15) is 4.79 Å². The lowest BCUT2D eigenvalue weighted by Crippen LogP contribution is -2.31. The molecule has 1 heterocycles. The first-order valence-electron chi connectivity index (χ1n) is 7.18. The van der Waals surface area contributed by atoms with Gasteiger partial charge in [0.1, 0.15) is 6.61 Å². The van der Waals surface area contributed by atoms with E-state index in [1.807, 2.05) is 0 Å². The van der Waals surface area contributed by atoms with Gasteiger partial charge >= 0.3 is 0 Å². The number of para-hydroxylation sites is 1. The van der Waals surface area contributed by atoms with Crippen LogP contribution in [0.5, 0.6) is 0 Å². The standard InChI is InChI=1S/C15H23N3O2/c16-7-11-20-12-15(19)17-8-3-9-18-10-6-13-4-1-2-5-14(13)18/h1-2,4-5H,3,6-12,16H2,(H,17,19). The summed E-state index contributed by atoms with van der Waals surface area (Å²) in [6.07, 6.45) is 2.06. The molecule has 5 nitrogen and oxygen atoms in total. The highest BCUT2D eigenvalue weighted by Crippen LogP contribution is 2.27. The number of nitrogens with one attached hydrogen (secondary N) is 1. The van der Waals surface area contributed by atoms with Gasteiger partial charge in [-0.3, -0.25) is 4.79 Å². The molecule has 0 atom stereocenters. The molecule has 2 rings (SSSR count). The fourth-order valence-electron chi connectivity index (χ4n) is 2.44. The summed E-state index contributed by atoms with van der Waals surface area (Å²) in [6, 6.07) is 8.52. The average molecular weight is 277 g/mol. The van der Waals surface area contributed by atoms with Gasteiger partial charge in [-0.15, -0.1) is 0 Å². The molecular formula is C15H23N3O2. The van der Waals surface area contributed by atoms with Crippen molar-refractivity contribution in [3.05, 3.63) is 29.8 Å². The zero-order valence-electron chi connectivity index (χ0n) is 11.8. The smallest absolute Gasteiger partial charge is 0.245 e. The summed E-state index contributed by atoms with van der Waals surface area (Å²) in [7, 11) is 0. The van der Waals surface area contributed by atoms with Crippen LogP contribution in [0.3, 0.4) is 0 Å². The Morgan fingerprint density at radius 1 is 1.40 bits per heavy atom. The van der Waals surface area contributed by atoms with Gasteiger partial charge < -0.3 is 20.7 Å². The second kappa shape index (κ2) is 7.87. The number of benzene rings is 1. The highest BCUT2D eigenvalue weighted by atomic mass is 16.5. The largest absolute Gasteiger partial charge is 0.371 e. The first-order valence-corrected chi connectivity index (χ1v) is 7.18. The third-order valence-electron chi connectivity index (χ3n) is 3.41. The predicted molar refractivity (Wildman–Crippen MR) is 79.9 cm³/mol. The van der Waals surface area contributed by atoms with E-state index in [0.717, 1.165) is 25.9 Å². The van der Waals surface area contributed by atoms with Crippen LogP contribution in [0.2, 0.25) is 0 Å². The fourth-order valence-corrected chi connectivity index (χ4v) is 2.44. The SMILES string of the molecule is NCCOCC(=O)NCCCN1CCc2ccccc21. The second-order valence-electron chi connectivity index (χ2n) is 4.91. The van der Waals surface area contributed by atoms with Crippen molar-refractivity contribution < 1.29 is 9.53 Å². The Kier molecular flexibility index (Phi) is 5.83. The highest BCUT2D eigenvalue weighted by Gasteiger charge is 2.17. The molecule has 3 N–H and O–H groups in total. The number of ether oxygens (including phenoxy) is 1. The minimum atomic E-state index is -0.0692. The molecule has 0 spiro atoms. The maximum atomic E-state index is 11.4. The van der Waals surface area contributed by atoms with Crippen molar-refractivity contribution in [2.24, 2.45) is 5.73 Å². The van der Waals surface area contributed by atoms with Crippen molar-refractivity contribution in [3.63, 3.8) is 0 Å². The Morgan fingerprint density at radius 3 is 3.10 bits per heavy atom. The molecule has 0 fully saturated rings. The van der Waals surface area contributed by atoms with Gasteiger partial charge in [-0.05, 0) is 24.5 Å². The Labute approximate surface area is 120 Å². The van der Waals surface area contributed by atoms with Crippen LogP contribution < -0.4 is 16.0 Å². The molecule has 1 amide bonds. The number of hydrogen-bond acceptors (Lipinski definition) is 4. The van der Waals surface area contributed by atoms with Crippen LogP contribution in [0, 0.1) is 0 Å². The third kappa shape index (κ3) is 4.21. The molecular weight excluding hydrogens is 254 g/mol. The van der Waals surface area contributed by atoms with Gasteiger partial charge in [0.25, 0.3) is 0 Å². The second-order valence-corrected chi connectivity index (χ2v) is 4.91. The van der Waals surface area contributed by atoms with Crippen LogP contribution in [0.15, 0.2) is 24.3 Å². The lowest BCUT2D eigenvalue weighted by Gasteiger charge is -2.19. The topological polar surface area (TPSA) is 67.6 Å². The van der Waals surface area contributed by atoms with E-state index in [1.54, 1.807) is 0 Å².